The van der Waals surface area contributed by atoms with Gasteiger partial charge in [-0.2, -0.15) is 0 Å². The molecular weight excluding hydrogens is 182 g/mol. The van der Waals surface area contributed by atoms with Crippen LogP contribution in [-0.2, 0) is 0 Å². The summed E-state index contributed by atoms with van der Waals surface area (Å²) in [7, 11) is 0. The van der Waals surface area contributed by atoms with Gasteiger partial charge in [0.2, 0.25) is 0 Å². The van der Waals surface area contributed by atoms with Gasteiger partial charge in [0.1, 0.15) is 0 Å². The van der Waals surface area contributed by atoms with E-state index >= 15 is 0 Å². The van der Waals surface area contributed by atoms with Crippen LogP contribution in [0.2, 0.25) is 0 Å². The summed E-state index contributed by atoms with van der Waals surface area (Å²) in [6, 6.07) is 4.46. The molecule has 82 valence electrons. The summed E-state index contributed by atoms with van der Waals surface area (Å²) in [5.74, 6) is 0.765. The summed E-state index contributed by atoms with van der Waals surface area (Å²) in [6.45, 7) is 4.26. The number of hydrogen-bond acceptors (Lipinski definition) is 1. The van der Waals surface area contributed by atoms with Crippen molar-refractivity contribution in [3.63, 3.8) is 0 Å². The van der Waals surface area contributed by atoms with Crippen molar-refractivity contribution in [2.45, 2.75) is 51.9 Å². The Hall–Kier alpha value is -0.980. The molecule has 2 N–H and O–H groups in total. The topological polar surface area (TPSA) is 26.0 Å². The van der Waals surface area contributed by atoms with Crippen molar-refractivity contribution in [1.29, 1.82) is 0 Å². The third-order valence-electron chi connectivity index (χ3n) is 3.82. The molecule has 2 rings (SSSR count). The Kier molecular flexibility index (Phi) is 2.99. The van der Waals surface area contributed by atoms with Gasteiger partial charge in [0.05, 0.1) is 0 Å². The fraction of sp³-hybridized carbons (Fsp3) is 0.571. The van der Waals surface area contributed by atoms with Crippen LogP contribution in [0.15, 0.2) is 12.1 Å². The molecule has 0 amide bonds. The number of rotatable bonds is 1. The first-order valence-electron chi connectivity index (χ1n) is 6.05. The second-order valence-electron chi connectivity index (χ2n) is 4.85. The highest BCUT2D eigenvalue weighted by Gasteiger charge is 2.18. The molecule has 0 radical (unpaired) electrons. The molecule has 1 heteroatoms. The molecule has 0 aliphatic heterocycles. The second-order valence-corrected chi connectivity index (χ2v) is 4.85. The second kappa shape index (κ2) is 4.26. The van der Waals surface area contributed by atoms with Gasteiger partial charge < -0.3 is 5.73 Å². The van der Waals surface area contributed by atoms with Gasteiger partial charge in [0.25, 0.3) is 0 Å². The Morgan fingerprint density at radius 1 is 1.07 bits per heavy atom. The minimum absolute atomic E-state index is 0.765. The normalized spacial score (nSPS) is 18.0. The summed E-state index contributed by atoms with van der Waals surface area (Å²) in [5, 5.41) is 0. The molecule has 1 saturated carbocycles. The van der Waals surface area contributed by atoms with Crippen LogP contribution in [0.25, 0.3) is 0 Å². The average molecular weight is 203 g/mol. The highest BCUT2D eigenvalue weighted by molar-refractivity contribution is 5.56. The lowest BCUT2D eigenvalue weighted by molar-refractivity contribution is 0.442. The lowest BCUT2D eigenvalue weighted by Gasteiger charge is -2.24. The zero-order chi connectivity index (χ0) is 10.8. The zero-order valence-corrected chi connectivity index (χ0v) is 9.84. The first kappa shape index (κ1) is 10.5. The van der Waals surface area contributed by atoms with E-state index in [0.29, 0.717) is 0 Å². The molecule has 1 nitrogen and oxygen atoms in total. The minimum atomic E-state index is 0.765. The summed E-state index contributed by atoms with van der Waals surface area (Å²) in [5.41, 5.74) is 11.1. The van der Waals surface area contributed by atoms with Crippen LogP contribution in [0.1, 0.15) is 54.7 Å². The third kappa shape index (κ3) is 2.01. The fourth-order valence-electron chi connectivity index (χ4n) is 2.74. The molecule has 0 bridgehead atoms. The van der Waals surface area contributed by atoms with Crippen LogP contribution >= 0.6 is 0 Å². The molecule has 1 aromatic rings. The molecule has 1 fully saturated rings. The Bertz CT molecular complexity index is 349. The van der Waals surface area contributed by atoms with Gasteiger partial charge in [-0.05, 0) is 49.3 Å². The highest BCUT2D eigenvalue weighted by atomic mass is 14.6. The quantitative estimate of drug-likeness (QED) is 0.687. The molecule has 0 atom stereocenters. The van der Waals surface area contributed by atoms with Gasteiger partial charge in [0, 0.05) is 5.69 Å². The summed E-state index contributed by atoms with van der Waals surface area (Å²) >= 11 is 0. The van der Waals surface area contributed by atoms with Crippen molar-refractivity contribution < 1.29 is 0 Å². The number of benzene rings is 1. The third-order valence-corrected chi connectivity index (χ3v) is 3.82. The van der Waals surface area contributed by atoms with E-state index in [1.807, 2.05) is 0 Å². The average Bonchev–Trinajstić information content (AvgIpc) is 2.27. The van der Waals surface area contributed by atoms with Crippen LogP contribution in [0.4, 0.5) is 5.69 Å². The van der Waals surface area contributed by atoms with Crippen molar-refractivity contribution in [2.24, 2.45) is 0 Å². The molecule has 1 aliphatic carbocycles. The van der Waals surface area contributed by atoms with Crippen LogP contribution in [0.3, 0.4) is 0 Å². The van der Waals surface area contributed by atoms with Crippen LogP contribution in [0, 0.1) is 13.8 Å². The standard InChI is InChI=1S/C14H21N/c1-10-8-9-13(11(2)14(10)15)12-6-4-3-5-7-12/h8-9,12H,3-7,15H2,1-2H3. The fourth-order valence-corrected chi connectivity index (χ4v) is 2.74. The molecular formula is C14H21N. The SMILES string of the molecule is Cc1ccc(C2CCCCC2)c(C)c1N. The van der Waals surface area contributed by atoms with E-state index in [1.165, 1.54) is 48.8 Å². The Balaban J connectivity index is 2.31. The van der Waals surface area contributed by atoms with Gasteiger partial charge >= 0.3 is 0 Å². The van der Waals surface area contributed by atoms with Gasteiger partial charge in [0.15, 0.2) is 0 Å². The maximum absolute atomic E-state index is 6.09. The summed E-state index contributed by atoms with van der Waals surface area (Å²) < 4.78 is 0. The van der Waals surface area contributed by atoms with E-state index in [-0.39, 0.29) is 0 Å². The smallest absolute Gasteiger partial charge is 0.0376 e. The van der Waals surface area contributed by atoms with Crippen molar-refractivity contribution in [3.8, 4) is 0 Å². The number of aryl methyl sites for hydroxylation is 1. The van der Waals surface area contributed by atoms with Crippen molar-refractivity contribution in [2.75, 3.05) is 5.73 Å². The van der Waals surface area contributed by atoms with Crippen LogP contribution < -0.4 is 5.73 Å². The van der Waals surface area contributed by atoms with Crippen LogP contribution in [-0.4, -0.2) is 0 Å². The van der Waals surface area contributed by atoms with Crippen molar-refractivity contribution in [3.05, 3.63) is 28.8 Å². The first-order valence-corrected chi connectivity index (χ1v) is 6.05. The van der Waals surface area contributed by atoms with Gasteiger partial charge in [-0.25, -0.2) is 0 Å². The lowest BCUT2D eigenvalue weighted by Crippen LogP contribution is -2.08. The maximum atomic E-state index is 6.09. The number of anilines is 1. The molecule has 0 unspecified atom stereocenters. The monoisotopic (exact) mass is 203 g/mol. The number of nitrogen functional groups attached to an aromatic ring is 1. The zero-order valence-electron chi connectivity index (χ0n) is 9.84. The van der Waals surface area contributed by atoms with E-state index in [2.05, 4.69) is 26.0 Å². The van der Waals surface area contributed by atoms with E-state index < -0.39 is 0 Å². The Morgan fingerprint density at radius 3 is 2.40 bits per heavy atom. The molecule has 0 aromatic heterocycles. The van der Waals surface area contributed by atoms with E-state index in [4.69, 9.17) is 5.73 Å². The summed E-state index contributed by atoms with van der Waals surface area (Å²) in [6.07, 6.45) is 6.89. The van der Waals surface area contributed by atoms with Gasteiger partial charge in [-0.15, -0.1) is 0 Å². The van der Waals surface area contributed by atoms with E-state index in [1.54, 1.807) is 0 Å². The number of nitrogens with two attached hydrogens (primary N) is 1. The summed E-state index contributed by atoms with van der Waals surface area (Å²) in [4.78, 5) is 0. The first-order chi connectivity index (χ1) is 7.20. The molecule has 15 heavy (non-hydrogen) atoms. The number of hydrogen-bond donors (Lipinski definition) is 1. The van der Waals surface area contributed by atoms with Gasteiger partial charge in [-0.1, -0.05) is 31.4 Å². The molecule has 0 heterocycles. The predicted molar refractivity (Wildman–Crippen MR) is 66.2 cm³/mol. The largest absolute Gasteiger partial charge is 0.398 e. The minimum Gasteiger partial charge on any atom is -0.398 e. The van der Waals surface area contributed by atoms with E-state index in [0.717, 1.165) is 11.6 Å². The molecule has 1 aliphatic rings. The van der Waals surface area contributed by atoms with Crippen LogP contribution in [0.5, 0.6) is 0 Å². The molecule has 0 spiro atoms. The van der Waals surface area contributed by atoms with Crippen molar-refractivity contribution >= 4 is 5.69 Å². The maximum Gasteiger partial charge on any atom is 0.0376 e. The molecule has 0 saturated heterocycles. The Labute approximate surface area is 92.7 Å². The lowest BCUT2D eigenvalue weighted by atomic mass is 9.81. The van der Waals surface area contributed by atoms with Gasteiger partial charge in [-0.3, -0.25) is 0 Å². The highest BCUT2D eigenvalue weighted by Crippen LogP contribution is 2.36. The predicted octanol–water partition coefficient (Wildman–Crippen LogP) is 3.93. The van der Waals surface area contributed by atoms with E-state index in [9.17, 15) is 0 Å². The molecule has 1 aromatic carbocycles. The Morgan fingerprint density at radius 2 is 1.73 bits per heavy atom. The van der Waals surface area contributed by atoms with Crippen molar-refractivity contribution in [1.82, 2.24) is 0 Å².